The number of benzene rings is 3. The minimum absolute atomic E-state index is 0.100. The summed E-state index contributed by atoms with van der Waals surface area (Å²) in [5.74, 6) is -0.292. The van der Waals surface area contributed by atoms with Gasteiger partial charge in [-0.2, -0.15) is 0 Å². The van der Waals surface area contributed by atoms with Gasteiger partial charge in [-0.25, -0.2) is 4.39 Å². The van der Waals surface area contributed by atoms with Crippen molar-refractivity contribution >= 4 is 28.5 Å². The molecule has 0 aliphatic carbocycles. The molecule has 3 aromatic rings. The van der Waals surface area contributed by atoms with Crippen LogP contribution in [0.15, 0.2) is 48.5 Å². The topological polar surface area (TPSA) is 79.0 Å². The molecule has 194 valence electrons. The molecule has 4 heterocycles. The predicted molar refractivity (Wildman–Crippen MR) is 138 cm³/mol. The number of imide groups is 1. The average Bonchev–Trinajstić information content (AvgIpc) is 3.42. The summed E-state index contributed by atoms with van der Waals surface area (Å²) in [4.78, 5) is 41.2. The lowest BCUT2D eigenvalue weighted by molar-refractivity contribution is -0.136. The van der Waals surface area contributed by atoms with Crippen LogP contribution in [-0.4, -0.2) is 53.3 Å². The van der Waals surface area contributed by atoms with Gasteiger partial charge >= 0.3 is 0 Å². The molecule has 0 saturated carbocycles. The Labute approximate surface area is 219 Å². The smallest absolute Gasteiger partial charge is 0.255 e. The van der Waals surface area contributed by atoms with Crippen LogP contribution < -0.4 is 10.1 Å². The Morgan fingerprint density at radius 1 is 1.03 bits per heavy atom. The maximum Gasteiger partial charge on any atom is 0.255 e. The van der Waals surface area contributed by atoms with Crippen LogP contribution in [0.25, 0.3) is 10.8 Å². The molecule has 2 fully saturated rings. The second kappa shape index (κ2) is 8.63. The van der Waals surface area contributed by atoms with Gasteiger partial charge in [0.05, 0.1) is 6.61 Å². The van der Waals surface area contributed by atoms with E-state index in [9.17, 15) is 18.8 Å². The maximum absolute atomic E-state index is 14.3. The minimum atomic E-state index is -0.622. The van der Waals surface area contributed by atoms with Crippen molar-refractivity contribution in [2.24, 2.45) is 0 Å². The highest BCUT2D eigenvalue weighted by atomic mass is 19.1. The zero-order chi connectivity index (χ0) is 26.0. The number of piperidine rings is 2. The molecular formula is C30H28FN3O4. The number of nitrogens with one attached hydrogen (secondary N) is 1. The van der Waals surface area contributed by atoms with E-state index in [2.05, 4.69) is 22.3 Å². The van der Waals surface area contributed by atoms with Gasteiger partial charge in [0.25, 0.3) is 5.91 Å². The lowest BCUT2D eigenvalue weighted by atomic mass is 9.73. The molecule has 1 atom stereocenters. The average molecular weight is 514 g/mol. The first-order valence-corrected chi connectivity index (χ1v) is 13.3. The second-order valence-corrected chi connectivity index (χ2v) is 11.0. The Morgan fingerprint density at radius 2 is 1.82 bits per heavy atom. The summed E-state index contributed by atoms with van der Waals surface area (Å²) >= 11 is 0. The number of fused-ring (bicyclic) bond motifs is 4. The van der Waals surface area contributed by atoms with Crippen molar-refractivity contribution in [3.8, 4) is 5.75 Å². The Balaban J connectivity index is 1.09. The Kier molecular flexibility index (Phi) is 5.30. The summed E-state index contributed by atoms with van der Waals surface area (Å²) in [7, 11) is 0. The highest BCUT2D eigenvalue weighted by Crippen LogP contribution is 2.48. The molecule has 0 bridgehead atoms. The number of rotatable bonds is 3. The standard InChI is InChI=1S/C30H28FN3O4/c31-24-6-2-4-20-18(3-1-5-21(20)24)15-33-11-9-30(10-12-33)17-38-26-14-22-19(13-23(26)30)16-34(29(22)37)25-7-8-27(35)32-28(25)36/h1-6,13-14,25H,7-12,15-17H2,(H,32,35,36). The summed E-state index contributed by atoms with van der Waals surface area (Å²) in [5.41, 5.74) is 3.69. The van der Waals surface area contributed by atoms with Crippen molar-refractivity contribution < 1.29 is 23.5 Å². The van der Waals surface area contributed by atoms with Gasteiger partial charge in [0.15, 0.2) is 0 Å². The highest BCUT2D eigenvalue weighted by molar-refractivity contribution is 6.05. The third-order valence-electron chi connectivity index (χ3n) is 8.87. The largest absolute Gasteiger partial charge is 0.492 e. The molecule has 3 aromatic carbocycles. The quantitative estimate of drug-likeness (QED) is 0.541. The van der Waals surface area contributed by atoms with Crippen molar-refractivity contribution in [2.75, 3.05) is 19.7 Å². The molecule has 1 unspecified atom stereocenters. The molecule has 8 heteroatoms. The predicted octanol–water partition coefficient (Wildman–Crippen LogP) is 3.67. The van der Waals surface area contributed by atoms with Gasteiger partial charge in [-0.3, -0.25) is 24.6 Å². The van der Waals surface area contributed by atoms with Crippen molar-refractivity contribution in [3.05, 3.63) is 76.6 Å². The number of hydrogen-bond donors (Lipinski definition) is 1. The van der Waals surface area contributed by atoms with Crippen LogP contribution in [0, 0.1) is 5.82 Å². The minimum Gasteiger partial charge on any atom is -0.492 e. The molecule has 1 N–H and O–H groups in total. The van der Waals surface area contributed by atoms with E-state index >= 15 is 0 Å². The van der Waals surface area contributed by atoms with Crippen LogP contribution >= 0.6 is 0 Å². The number of hydrogen-bond acceptors (Lipinski definition) is 5. The summed E-state index contributed by atoms with van der Waals surface area (Å²) < 4.78 is 20.4. The molecule has 1 spiro atoms. The molecule has 38 heavy (non-hydrogen) atoms. The van der Waals surface area contributed by atoms with Crippen LogP contribution in [0.4, 0.5) is 4.39 Å². The molecule has 0 aromatic heterocycles. The van der Waals surface area contributed by atoms with Gasteiger partial charge < -0.3 is 9.64 Å². The fourth-order valence-corrected chi connectivity index (χ4v) is 6.69. The first-order valence-electron chi connectivity index (χ1n) is 13.3. The lowest BCUT2D eigenvalue weighted by Crippen LogP contribution is -2.52. The van der Waals surface area contributed by atoms with E-state index in [-0.39, 0.29) is 29.5 Å². The van der Waals surface area contributed by atoms with Gasteiger partial charge in [0, 0.05) is 41.4 Å². The highest BCUT2D eigenvalue weighted by Gasteiger charge is 2.46. The number of ether oxygens (including phenoxy) is 1. The third-order valence-corrected chi connectivity index (χ3v) is 8.87. The molecule has 0 radical (unpaired) electrons. The number of carbonyl (C=O) groups excluding carboxylic acids is 3. The normalized spacial score (nSPS) is 22.5. The summed E-state index contributed by atoms with van der Waals surface area (Å²) in [6.07, 6.45) is 2.46. The van der Waals surface area contributed by atoms with Crippen molar-refractivity contribution in [2.45, 2.75) is 50.2 Å². The molecule has 4 aliphatic heterocycles. The van der Waals surface area contributed by atoms with Gasteiger partial charge in [-0.1, -0.05) is 30.3 Å². The van der Waals surface area contributed by atoms with Crippen LogP contribution in [0.3, 0.4) is 0 Å². The van der Waals surface area contributed by atoms with E-state index in [0.717, 1.165) is 60.3 Å². The summed E-state index contributed by atoms with van der Waals surface area (Å²) in [5, 5.41) is 3.98. The number of likely N-dealkylation sites (tertiary alicyclic amines) is 1. The van der Waals surface area contributed by atoms with Crippen LogP contribution in [-0.2, 0) is 28.1 Å². The Morgan fingerprint density at radius 3 is 2.63 bits per heavy atom. The van der Waals surface area contributed by atoms with E-state index in [1.807, 2.05) is 24.3 Å². The lowest BCUT2D eigenvalue weighted by Gasteiger charge is -2.38. The first kappa shape index (κ1) is 23.3. The van der Waals surface area contributed by atoms with Crippen LogP contribution in [0.1, 0.15) is 52.7 Å². The number of nitrogens with zero attached hydrogens (tertiary/aromatic N) is 2. The van der Waals surface area contributed by atoms with Crippen LogP contribution in [0.2, 0.25) is 0 Å². The van der Waals surface area contributed by atoms with E-state index < -0.39 is 11.9 Å². The van der Waals surface area contributed by atoms with Gasteiger partial charge in [-0.15, -0.1) is 0 Å². The molecule has 4 aliphatic rings. The first-order chi connectivity index (χ1) is 18.4. The van der Waals surface area contributed by atoms with Crippen molar-refractivity contribution in [1.82, 2.24) is 15.1 Å². The second-order valence-electron chi connectivity index (χ2n) is 11.0. The summed E-state index contributed by atoms with van der Waals surface area (Å²) in [6, 6.07) is 14.4. The van der Waals surface area contributed by atoms with Gasteiger partial charge in [0.2, 0.25) is 11.8 Å². The number of amides is 3. The SMILES string of the molecule is O=C1CCC(N2Cc3cc4c(cc3C2=O)OCC42CCN(Cc3cccc4c(F)cccc34)CC2)C(=O)N1. The van der Waals surface area contributed by atoms with Crippen molar-refractivity contribution in [1.29, 1.82) is 0 Å². The van der Waals surface area contributed by atoms with Gasteiger partial charge in [-0.05, 0) is 67.1 Å². The summed E-state index contributed by atoms with van der Waals surface area (Å²) in [6.45, 7) is 3.53. The van der Waals surface area contributed by atoms with E-state index in [4.69, 9.17) is 4.74 Å². The van der Waals surface area contributed by atoms with E-state index in [1.165, 1.54) is 6.07 Å². The van der Waals surface area contributed by atoms with Crippen molar-refractivity contribution in [3.63, 3.8) is 0 Å². The third kappa shape index (κ3) is 3.61. The molecule has 7 rings (SSSR count). The van der Waals surface area contributed by atoms with E-state index in [0.29, 0.717) is 30.5 Å². The van der Waals surface area contributed by atoms with Crippen LogP contribution in [0.5, 0.6) is 5.75 Å². The fraction of sp³-hybridized carbons (Fsp3) is 0.367. The van der Waals surface area contributed by atoms with Gasteiger partial charge in [0.1, 0.15) is 17.6 Å². The fourth-order valence-electron chi connectivity index (χ4n) is 6.69. The molecule has 3 amide bonds. The van der Waals surface area contributed by atoms with E-state index in [1.54, 1.807) is 11.0 Å². The molecular weight excluding hydrogens is 485 g/mol. The Bertz CT molecular complexity index is 1510. The Hall–Kier alpha value is -3.78. The number of halogens is 1. The molecule has 2 saturated heterocycles. The maximum atomic E-state index is 14.3. The zero-order valence-electron chi connectivity index (χ0n) is 21.0. The number of carbonyl (C=O) groups is 3. The zero-order valence-corrected chi connectivity index (χ0v) is 21.0. The monoisotopic (exact) mass is 513 g/mol. The molecule has 7 nitrogen and oxygen atoms in total.